The predicted molar refractivity (Wildman–Crippen MR) is 95.4 cm³/mol. The molecule has 0 aliphatic carbocycles. The van der Waals surface area contributed by atoms with E-state index in [1.807, 2.05) is 11.0 Å². The molecule has 0 bridgehead atoms. The van der Waals surface area contributed by atoms with E-state index >= 15 is 0 Å². The molecule has 1 aliphatic rings. The maximum Gasteiger partial charge on any atom is 0.411 e. The third-order valence-electron chi connectivity index (χ3n) is 3.73. The number of amides is 1. The highest BCUT2D eigenvalue weighted by atomic mass is 79.9. The van der Waals surface area contributed by atoms with Crippen LogP contribution >= 0.6 is 15.9 Å². The van der Waals surface area contributed by atoms with Gasteiger partial charge in [0.05, 0.1) is 5.56 Å². The Kier molecular flexibility index (Phi) is 5.58. The SMILES string of the molecule is CC(C)(C)OC(=O)N1CCN(c2ccc(Br)c(C#N)c2)CC1C(=O)O. The second kappa shape index (κ2) is 7.31. The Hall–Kier alpha value is -2.27. The van der Waals surface area contributed by atoms with E-state index in [0.29, 0.717) is 16.6 Å². The average Bonchev–Trinajstić information content (AvgIpc) is 2.53. The summed E-state index contributed by atoms with van der Waals surface area (Å²) in [5.74, 6) is -1.09. The Bertz CT molecular complexity index is 724. The molecule has 2 rings (SSSR count). The Balaban J connectivity index is 2.20. The summed E-state index contributed by atoms with van der Waals surface area (Å²) in [6.45, 7) is 6.02. The molecule has 1 N–H and O–H groups in total. The molecule has 1 saturated heterocycles. The van der Waals surface area contributed by atoms with E-state index in [4.69, 9.17) is 10.00 Å². The van der Waals surface area contributed by atoms with Crippen molar-refractivity contribution in [3.05, 3.63) is 28.2 Å². The molecule has 1 atom stereocenters. The smallest absolute Gasteiger partial charge is 0.411 e. The molecule has 1 aliphatic heterocycles. The highest BCUT2D eigenvalue weighted by Crippen LogP contribution is 2.26. The normalized spacial score (nSPS) is 17.8. The van der Waals surface area contributed by atoms with Gasteiger partial charge in [0.15, 0.2) is 0 Å². The van der Waals surface area contributed by atoms with Crippen LogP contribution in [0.4, 0.5) is 10.5 Å². The molecule has 25 heavy (non-hydrogen) atoms. The molecular weight excluding hydrogens is 390 g/mol. The Morgan fingerprint density at radius 2 is 2.04 bits per heavy atom. The van der Waals surface area contributed by atoms with Crippen molar-refractivity contribution >= 4 is 33.7 Å². The summed E-state index contributed by atoms with van der Waals surface area (Å²) in [4.78, 5) is 27.0. The van der Waals surface area contributed by atoms with Gasteiger partial charge < -0.3 is 14.7 Å². The Labute approximate surface area is 154 Å². The summed E-state index contributed by atoms with van der Waals surface area (Å²) in [5.41, 5.74) is 0.527. The molecule has 1 fully saturated rings. The van der Waals surface area contributed by atoms with Crippen LogP contribution in [0.2, 0.25) is 0 Å². The number of benzene rings is 1. The lowest BCUT2D eigenvalue weighted by Crippen LogP contribution is -2.59. The molecular formula is C17H20BrN3O4. The largest absolute Gasteiger partial charge is 0.480 e. The second-order valence-corrected chi connectivity index (χ2v) is 7.60. The Morgan fingerprint density at radius 3 is 2.60 bits per heavy atom. The van der Waals surface area contributed by atoms with Crippen molar-refractivity contribution in [2.24, 2.45) is 0 Å². The van der Waals surface area contributed by atoms with Crippen molar-refractivity contribution in [1.82, 2.24) is 4.90 Å². The van der Waals surface area contributed by atoms with E-state index in [9.17, 15) is 14.7 Å². The second-order valence-electron chi connectivity index (χ2n) is 6.75. The minimum Gasteiger partial charge on any atom is -0.480 e. The summed E-state index contributed by atoms with van der Waals surface area (Å²) in [5, 5.41) is 18.7. The number of aliphatic carboxylic acids is 1. The van der Waals surface area contributed by atoms with Crippen molar-refractivity contribution in [2.75, 3.05) is 24.5 Å². The number of rotatable bonds is 2. The average molecular weight is 410 g/mol. The van der Waals surface area contributed by atoms with Gasteiger partial charge in [0.1, 0.15) is 17.7 Å². The van der Waals surface area contributed by atoms with E-state index in [2.05, 4.69) is 22.0 Å². The summed E-state index contributed by atoms with van der Waals surface area (Å²) in [6, 6.07) is 6.34. The zero-order chi connectivity index (χ0) is 18.8. The monoisotopic (exact) mass is 409 g/mol. The van der Waals surface area contributed by atoms with Gasteiger partial charge in [0.2, 0.25) is 0 Å². The molecule has 1 aromatic rings. The van der Waals surface area contributed by atoms with Crippen LogP contribution in [0.15, 0.2) is 22.7 Å². The van der Waals surface area contributed by atoms with Crippen molar-refractivity contribution in [3.8, 4) is 6.07 Å². The number of nitriles is 1. The number of piperazine rings is 1. The van der Waals surface area contributed by atoms with Gasteiger partial charge in [-0.25, -0.2) is 9.59 Å². The van der Waals surface area contributed by atoms with Crippen LogP contribution in [0.25, 0.3) is 0 Å². The van der Waals surface area contributed by atoms with Gasteiger partial charge in [-0.15, -0.1) is 0 Å². The highest BCUT2D eigenvalue weighted by Gasteiger charge is 2.37. The number of carboxylic acids is 1. The molecule has 134 valence electrons. The van der Waals surface area contributed by atoms with Gasteiger partial charge in [0.25, 0.3) is 0 Å². The van der Waals surface area contributed by atoms with Crippen LogP contribution in [-0.4, -0.2) is 53.3 Å². The van der Waals surface area contributed by atoms with Gasteiger partial charge in [-0.05, 0) is 54.9 Å². The number of carbonyl (C=O) groups excluding carboxylic acids is 1. The first kappa shape index (κ1) is 19.1. The summed E-state index contributed by atoms with van der Waals surface area (Å²) < 4.78 is 5.99. The van der Waals surface area contributed by atoms with E-state index in [1.54, 1.807) is 32.9 Å². The highest BCUT2D eigenvalue weighted by molar-refractivity contribution is 9.10. The zero-order valence-corrected chi connectivity index (χ0v) is 15.9. The summed E-state index contributed by atoms with van der Waals surface area (Å²) >= 11 is 3.30. The minimum absolute atomic E-state index is 0.126. The van der Waals surface area contributed by atoms with Crippen LogP contribution in [0.3, 0.4) is 0 Å². The van der Waals surface area contributed by atoms with Crippen molar-refractivity contribution in [1.29, 1.82) is 5.26 Å². The number of ether oxygens (including phenoxy) is 1. The quantitative estimate of drug-likeness (QED) is 0.806. The van der Waals surface area contributed by atoms with Crippen molar-refractivity contribution < 1.29 is 19.4 Å². The molecule has 1 amide bonds. The number of nitrogens with zero attached hydrogens (tertiary/aromatic N) is 3. The summed E-state index contributed by atoms with van der Waals surface area (Å²) in [7, 11) is 0. The van der Waals surface area contributed by atoms with E-state index < -0.39 is 23.7 Å². The van der Waals surface area contributed by atoms with Gasteiger partial charge in [0, 0.05) is 29.8 Å². The maximum atomic E-state index is 12.3. The number of halogens is 1. The topological polar surface area (TPSA) is 93.9 Å². The lowest BCUT2D eigenvalue weighted by Gasteiger charge is -2.40. The van der Waals surface area contributed by atoms with Gasteiger partial charge in [-0.2, -0.15) is 5.26 Å². The third-order valence-corrected chi connectivity index (χ3v) is 4.42. The standard InChI is InChI=1S/C17H20BrN3O4/c1-17(2,3)25-16(24)21-7-6-20(10-14(21)15(22)23)12-4-5-13(18)11(8-12)9-19/h4-5,8,14H,6-7,10H2,1-3H3,(H,22,23). The van der Waals surface area contributed by atoms with E-state index in [1.165, 1.54) is 4.90 Å². The van der Waals surface area contributed by atoms with Crippen LogP contribution in [0.1, 0.15) is 26.3 Å². The summed E-state index contributed by atoms with van der Waals surface area (Å²) in [6.07, 6.45) is -0.631. The first-order valence-corrected chi connectivity index (χ1v) is 8.58. The van der Waals surface area contributed by atoms with Crippen LogP contribution in [-0.2, 0) is 9.53 Å². The van der Waals surface area contributed by atoms with Gasteiger partial charge in [-0.3, -0.25) is 4.90 Å². The number of hydrogen-bond acceptors (Lipinski definition) is 5. The fourth-order valence-corrected chi connectivity index (χ4v) is 2.90. The number of carbonyl (C=O) groups is 2. The maximum absolute atomic E-state index is 12.3. The van der Waals surface area contributed by atoms with Gasteiger partial charge in [-0.1, -0.05) is 0 Å². The molecule has 1 unspecified atom stereocenters. The third kappa shape index (κ3) is 4.63. The lowest BCUT2D eigenvalue weighted by atomic mass is 10.1. The molecule has 0 aromatic heterocycles. The van der Waals surface area contributed by atoms with Crippen LogP contribution < -0.4 is 4.90 Å². The number of anilines is 1. The fraction of sp³-hybridized carbons (Fsp3) is 0.471. The molecule has 0 radical (unpaired) electrons. The molecule has 7 nitrogen and oxygen atoms in total. The number of carboxylic acid groups (broad SMARTS) is 1. The predicted octanol–water partition coefficient (Wildman–Crippen LogP) is 2.83. The minimum atomic E-state index is -1.09. The molecule has 8 heteroatoms. The first-order valence-electron chi connectivity index (χ1n) is 7.79. The fourth-order valence-electron chi connectivity index (χ4n) is 2.56. The Morgan fingerprint density at radius 1 is 1.36 bits per heavy atom. The zero-order valence-electron chi connectivity index (χ0n) is 14.3. The van der Waals surface area contributed by atoms with Gasteiger partial charge >= 0.3 is 12.1 Å². The molecule has 1 aromatic carbocycles. The molecule has 0 spiro atoms. The first-order chi connectivity index (χ1) is 11.6. The molecule has 0 saturated carbocycles. The van der Waals surface area contributed by atoms with Crippen molar-refractivity contribution in [2.45, 2.75) is 32.4 Å². The lowest BCUT2D eigenvalue weighted by molar-refractivity contribution is -0.143. The molecule has 1 heterocycles. The van der Waals surface area contributed by atoms with Crippen LogP contribution in [0, 0.1) is 11.3 Å². The van der Waals surface area contributed by atoms with Crippen molar-refractivity contribution in [3.63, 3.8) is 0 Å². The van der Waals surface area contributed by atoms with E-state index in [0.717, 1.165) is 5.69 Å². The van der Waals surface area contributed by atoms with E-state index in [-0.39, 0.29) is 13.1 Å². The van der Waals surface area contributed by atoms with Crippen LogP contribution in [0.5, 0.6) is 0 Å². The number of hydrogen-bond donors (Lipinski definition) is 1.